The van der Waals surface area contributed by atoms with E-state index in [2.05, 4.69) is 0 Å². The average Bonchev–Trinajstić information content (AvgIpc) is 2.55. The maximum absolute atomic E-state index is 12.3. The van der Waals surface area contributed by atoms with Gasteiger partial charge in [-0.1, -0.05) is 19.8 Å². The molecule has 1 saturated carbocycles. The molecule has 1 fully saturated rings. The van der Waals surface area contributed by atoms with Crippen LogP contribution in [0.3, 0.4) is 0 Å². The Labute approximate surface area is 87.8 Å². The van der Waals surface area contributed by atoms with Crippen molar-refractivity contribution in [1.29, 1.82) is 0 Å². The van der Waals surface area contributed by atoms with Crippen molar-refractivity contribution >= 4 is 9.84 Å². The van der Waals surface area contributed by atoms with Crippen LogP contribution in [0, 0.1) is 5.92 Å². The molecule has 1 aliphatic rings. The number of rotatable bonds is 3. The Kier molecular flexibility index (Phi) is 3.68. The number of halogens is 3. The van der Waals surface area contributed by atoms with E-state index in [4.69, 9.17) is 0 Å². The van der Waals surface area contributed by atoms with Crippen LogP contribution in [-0.4, -0.2) is 19.2 Å². The first-order valence-corrected chi connectivity index (χ1v) is 6.65. The van der Waals surface area contributed by atoms with Crippen molar-refractivity contribution in [3.8, 4) is 0 Å². The van der Waals surface area contributed by atoms with Crippen LogP contribution in [0.5, 0.6) is 0 Å². The fourth-order valence-corrected chi connectivity index (χ4v) is 3.87. The van der Waals surface area contributed by atoms with Crippen LogP contribution in [0.25, 0.3) is 0 Å². The summed E-state index contributed by atoms with van der Waals surface area (Å²) in [6.07, 6.45) is 2.94. The monoisotopic (exact) mass is 244 g/mol. The van der Waals surface area contributed by atoms with Gasteiger partial charge >= 0.3 is 5.51 Å². The molecule has 1 atom stereocenters. The molecule has 6 heteroatoms. The molecule has 0 spiro atoms. The zero-order valence-corrected chi connectivity index (χ0v) is 9.37. The largest absolute Gasteiger partial charge is 0.497 e. The van der Waals surface area contributed by atoms with Crippen molar-refractivity contribution in [2.45, 2.75) is 49.8 Å². The van der Waals surface area contributed by atoms with E-state index in [1.165, 1.54) is 6.92 Å². The molecule has 0 heterocycles. The lowest BCUT2D eigenvalue weighted by Crippen LogP contribution is -2.38. The number of sulfone groups is 1. The van der Waals surface area contributed by atoms with Gasteiger partial charge < -0.3 is 0 Å². The minimum Gasteiger partial charge on any atom is -0.219 e. The molecule has 1 unspecified atom stereocenters. The van der Waals surface area contributed by atoms with E-state index in [0.29, 0.717) is 12.8 Å². The van der Waals surface area contributed by atoms with E-state index >= 15 is 0 Å². The number of alkyl halides is 3. The molecule has 0 aromatic rings. The zero-order valence-electron chi connectivity index (χ0n) is 8.55. The molecule has 0 bridgehead atoms. The Morgan fingerprint density at radius 1 is 1.27 bits per heavy atom. The van der Waals surface area contributed by atoms with Gasteiger partial charge in [0.05, 0.1) is 5.25 Å². The maximum Gasteiger partial charge on any atom is 0.497 e. The SMILES string of the molecule is CCC(C1CCCC1)S(=O)(=O)C(F)(F)F. The predicted molar refractivity (Wildman–Crippen MR) is 51.0 cm³/mol. The van der Waals surface area contributed by atoms with Gasteiger partial charge in [-0.05, 0) is 25.2 Å². The highest BCUT2D eigenvalue weighted by atomic mass is 32.2. The van der Waals surface area contributed by atoms with Gasteiger partial charge in [0.2, 0.25) is 0 Å². The molecule has 0 aromatic carbocycles. The smallest absolute Gasteiger partial charge is 0.219 e. The van der Waals surface area contributed by atoms with Gasteiger partial charge in [-0.2, -0.15) is 13.2 Å². The predicted octanol–water partition coefficient (Wildman–Crippen LogP) is 2.89. The second kappa shape index (κ2) is 4.31. The topological polar surface area (TPSA) is 34.1 Å². The summed E-state index contributed by atoms with van der Waals surface area (Å²) in [4.78, 5) is 0. The molecule has 0 saturated heterocycles. The molecule has 15 heavy (non-hydrogen) atoms. The third kappa shape index (κ3) is 2.46. The third-order valence-corrected chi connectivity index (χ3v) is 5.21. The van der Waals surface area contributed by atoms with E-state index in [1.54, 1.807) is 0 Å². The Morgan fingerprint density at radius 3 is 2.07 bits per heavy atom. The van der Waals surface area contributed by atoms with Gasteiger partial charge in [0.1, 0.15) is 0 Å². The van der Waals surface area contributed by atoms with Crippen LogP contribution in [0.2, 0.25) is 0 Å². The van der Waals surface area contributed by atoms with Crippen LogP contribution in [0.1, 0.15) is 39.0 Å². The molecule has 0 N–H and O–H groups in total. The molecule has 90 valence electrons. The zero-order chi connectivity index (χ0) is 11.7. The quantitative estimate of drug-likeness (QED) is 0.765. The third-order valence-electron chi connectivity index (χ3n) is 3.05. The van der Waals surface area contributed by atoms with E-state index in [1.807, 2.05) is 0 Å². The van der Waals surface area contributed by atoms with Crippen molar-refractivity contribution in [2.75, 3.05) is 0 Å². The summed E-state index contributed by atoms with van der Waals surface area (Å²) in [5.74, 6) is -0.304. The van der Waals surface area contributed by atoms with Gasteiger partial charge in [-0.25, -0.2) is 8.42 Å². The molecular weight excluding hydrogens is 229 g/mol. The van der Waals surface area contributed by atoms with Gasteiger partial charge in [-0.3, -0.25) is 0 Å². The Hall–Kier alpha value is -0.260. The summed E-state index contributed by atoms with van der Waals surface area (Å²) in [5.41, 5.74) is -5.10. The number of hydrogen-bond acceptors (Lipinski definition) is 2. The summed E-state index contributed by atoms with van der Waals surface area (Å²) < 4.78 is 59.5. The summed E-state index contributed by atoms with van der Waals surface area (Å²) in [6, 6.07) is 0. The molecule has 0 amide bonds. The minimum atomic E-state index is -5.10. The lowest BCUT2D eigenvalue weighted by atomic mass is 10.0. The summed E-state index contributed by atoms with van der Waals surface area (Å²) >= 11 is 0. The van der Waals surface area contributed by atoms with Crippen molar-refractivity contribution in [1.82, 2.24) is 0 Å². The van der Waals surface area contributed by atoms with Gasteiger partial charge in [0.15, 0.2) is 0 Å². The van der Waals surface area contributed by atoms with Crippen molar-refractivity contribution in [2.24, 2.45) is 5.92 Å². The highest BCUT2D eigenvalue weighted by Crippen LogP contribution is 2.38. The van der Waals surface area contributed by atoms with Crippen molar-refractivity contribution in [3.63, 3.8) is 0 Å². The summed E-state index contributed by atoms with van der Waals surface area (Å²) in [7, 11) is -4.97. The standard InChI is InChI=1S/C9H15F3O2S/c1-2-8(7-5-3-4-6-7)15(13,14)9(10,11)12/h7-8H,2-6H2,1H3. The Bertz CT molecular complexity index is 302. The van der Waals surface area contributed by atoms with E-state index in [0.717, 1.165) is 12.8 Å². The second-order valence-corrected chi connectivity index (χ2v) is 6.14. The maximum atomic E-state index is 12.3. The lowest BCUT2D eigenvalue weighted by molar-refractivity contribution is -0.0450. The van der Waals surface area contributed by atoms with E-state index in [-0.39, 0.29) is 12.3 Å². The fraction of sp³-hybridized carbons (Fsp3) is 1.00. The average molecular weight is 244 g/mol. The molecule has 0 aromatic heterocycles. The van der Waals surface area contributed by atoms with E-state index in [9.17, 15) is 21.6 Å². The first-order valence-electron chi connectivity index (χ1n) is 5.11. The first kappa shape index (κ1) is 12.8. The van der Waals surface area contributed by atoms with Crippen LogP contribution >= 0.6 is 0 Å². The van der Waals surface area contributed by atoms with Gasteiger partial charge in [0, 0.05) is 0 Å². The fourth-order valence-electron chi connectivity index (χ4n) is 2.31. The number of hydrogen-bond donors (Lipinski definition) is 0. The highest BCUT2D eigenvalue weighted by Gasteiger charge is 2.52. The molecule has 0 radical (unpaired) electrons. The normalized spacial score (nSPS) is 21.9. The van der Waals surface area contributed by atoms with E-state index < -0.39 is 20.6 Å². The Morgan fingerprint density at radius 2 is 1.73 bits per heavy atom. The van der Waals surface area contributed by atoms with Crippen LogP contribution in [0.15, 0.2) is 0 Å². The first-order chi connectivity index (χ1) is 6.80. The van der Waals surface area contributed by atoms with Gasteiger partial charge in [0.25, 0.3) is 9.84 Å². The van der Waals surface area contributed by atoms with Crippen LogP contribution in [0.4, 0.5) is 13.2 Å². The second-order valence-electron chi connectivity index (χ2n) is 3.98. The van der Waals surface area contributed by atoms with Crippen molar-refractivity contribution < 1.29 is 21.6 Å². The summed E-state index contributed by atoms with van der Waals surface area (Å²) in [5, 5.41) is -1.24. The highest BCUT2D eigenvalue weighted by molar-refractivity contribution is 7.92. The molecule has 2 nitrogen and oxygen atoms in total. The van der Waals surface area contributed by atoms with Crippen LogP contribution < -0.4 is 0 Å². The molecule has 1 aliphatic carbocycles. The lowest BCUT2D eigenvalue weighted by Gasteiger charge is -2.23. The molecule has 0 aliphatic heterocycles. The Balaban J connectivity index is 2.91. The molecular formula is C9H15F3O2S. The van der Waals surface area contributed by atoms with Crippen LogP contribution in [-0.2, 0) is 9.84 Å². The van der Waals surface area contributed by atoms with Gasteiger partial charge in [-0.15, -0.1) is 0 Å². The van der Waals surface area contributed by atoms with Crippen molar-refractivity contribution in [3.05, 3.63) is 0 Å². The molecule has 1 rings (SSSR count). The summed E-state index contributed by atoms with van der Waals surface area (Å²) in [6.45, 7) is 1.51. The minimum absolute atomic E-state index is 0.0481.